The number of likely N-dealkylation sites (tertiary alicyclic amines) is 1. The van der Waals surface area contributed by atoms with E-state index in [1.807, 2.05) is 17.9 Å². The maximum atomic E-state index is 4.22. The molecule has 1 aromatic carbocycles. The minimum absolute atomic E-state index is 0.735. The SMILES string of the molecule is CN1CCC(c2ccc(-c3cnn(C)c3)cc2)CC1. The minimum Gasteiger partial charge on any atom is -0.306 e. The van der Waals surface area contributed by atoms with E-state index in [2.05, 4.69) is 47.5 Å². The number of nitrogens with zero attached hydrogens (tertiary/aromatic N) is 3. The Morgan fingerprint density at radius 2 is 1.68 bits per heavy atom. The van der Waals surface area contributed by atoms with Gasteiger partial charge < -0.3 is 4.90 Å². The maximum absolute atomic E-state index is 4.22. The number of rotatable bonds is 2. The molecule has 0 amide bonds. The summed E-state index contributed by atoms with van der Waals surface area (Å²) in [7, 11) is 4.16. The number of aromatic nitrogens is 2. The highest BCUT2D eigenvalue weighted by molar-refractivity contribution is 5.62. The summed E-state index contributed by atoms with van der Waals surface area (Å²) < 4.78 is 1.85. The van der Waals surface area contributed by atoms with Crippen molar-refractivity contribution in [3.8, 4) is 11.1 Å². The van der Waals surface area contributed by atoms with Crippen LogP contribution in [0.25, 0.3) is 11.1 Å². The van der Waals surface area contributed by atoms with Crippen LogP contribution in [0.15, 0.2) is 36.7 Å². The highest BCUT2D eigenvalue weighted by Crippen LogP contribution is 2.29. The van der Waals surface area contributed by atoms with Crippen molar-refractivity contribution in [1.29, 1.82) is 0 Å². The van der Waals surface area contributed by atoms with E-state index in [0.29, 0.717) is 0 Å². The standard InChI is InChI=1S/C16H21N3/c1-18-9-7-15(8-10-18)13-3-5-14(6-4-13)16-11-17-19(2)12-16/h3-6,11-12,15H,7-10H2,1-2H3. The van der Waals surface area contributed by atoms with E-state index in [4.69, 9.17) is 0 Å². The van der Waals surface area contributed by atoms with Crippen molar-refractivity contribution in [2.45, 2.75) is 18.8 Å². The molecule has 1 saturated heterocycles. The minimum atomic E-state index is 0.735. The van der Waals surface area contributed by atoms with Gasteiger partial charge in [0.2, 0.25) is 0 Å². The van der Waals surface area contributed by atoms with Gasteiger partial charge in [0.15, 0.2) is 0 Å². The molecule has 1 aliphatic rings. The number of benzene rings is 1. The smallest absolute Gasteiger partial charge is 0.0568 e. The zero-order valence-corrected chi connectivity index (χ0v) is 11.7. The van der Waals surface area contributed by atoms with Crippen LogP contribution in [-0.4, -0.2) is 34.8 Å². The first-order valence-corrected chi connectivity index (χ1v) is 7.00. The summed E-state index contributed by atoms with van der Waals surface area (Å²) in [6.07, 6.45) is 6.54. The normalized spacial score (nSPS) is 17.8. The molecule has 1 fully saturated rings. The Balaban J connectivity index is 1.75. The van der Waals surface area contributed by atoms with Crippen molar-refractivity contribution in [2.24, 2.45) is 7.05 Å². The van der Waals surface area contributed by atoms with E-state index >= 15 is 0 Å². The maximum Gasteiger partial charge on any atom is 0.0568 e. The summed E-state index contributed by atoms with van der Waals surface area (Å²) in [4.78, 5) is 2.42. The quantitative estimate of drug-likeness (QED) is 0.822. The van der Waals surface area contributed by atoms with Crippen molar-refractivity contribution in [3.05, 3.63) is 42.2 Å². The third-order valence-corrected chi connectivity index (χ3v) is 4.14. The molecule has 3 heteroatoms. The molecule has 0 saturated carbocycles. The van der Waals surface area contributed by atoms with Crippen LogP contribution in [0.4, 0.5) is 0 Å². The molecule has 3 rings (SSSR count). The van der Waals surface area contributed by atoms with Gasteiger partial charge in [-0.25, -0.2) is 0 Å². The van der Waals surface area contributed by atoms with Crippen molar-refractivity contribution >= 4 is 0 Å². The molecule has 0 radical (unpaired) electrons. The molecule has 1 aliphatic heterocycles. The molecule has 2 heterocycles. The van der Waals surface area contributed by atoms with Gasteiger partial charge in [0, 0.05) is 18.8 Å². The number of piperidine rings is 1. The Labute approximate surface area is 114 Å². The van der Waals surface area contributed by atoms with Crippen molar-refractivity contribution in [3.63, 3.8) is 0 Å². The molecule has 2 aromatic rings. The molecule has 1 aromatic heterocycles. The summed E-state index contributed by atoms with van der Waals surface area (Å²) in [5.41, 5.74) is 3.93. The van der Waals surface area contributed by atoms with Gasteiger partial charge in [0.1, 0.15) is 0 Å². The monoisotopic (exact) mass is 255 g/mol. The average Bonchev–Trinajstić information content (AvgIpc) is 2.87. The summed E-state index contributed by atoms with van der Waals surface area (Å²) in [6, 6.07) is 9.03. The molecule has 0 aliphatic carbocycles. The van der Waals surface area contributed by atoms with Crippen LogP contribution in [0.5, 0.6) is 0 Å². The van der Waals surface area contributed by atoms with Gasteiger partial charge in [0.05, 0.1) is 6.20 Å². The summed E-state index contributed by atoms with van der Waals surface area (Å²) >= 11 is 0. The van der Waals surface area contributed by atoms with Crippen molar-refractivity contribution in [2.75, 3.05) is 20.1 Å². The van der Waals surface area contributed by atoms with Crippen LogP contribution in [0.3, 0.4) is 0 Å². The lowest BCUT2D eigenvalue weighted by Gasteiger charge is -2.29. The Kier molecular flexibility index (Phi) is 3.38. The second-order valence-electron chi connectivity index (χ2n) is 5.60. The zero-order valence-electron chi connectivity index (χ0n) is 11.7. The van der Waals surface area contributed by atoms with E-state index < -0.39 is 0 Å². The summed E-state index contributed by atoms with van der Waals surface area (Å²) in [5.74, 6) is 0.735. The molecule has 0 N–H and O–H groups in total. The lowest BCUT2D eigenvalue weighted by atomic mass is 9.89. The zero-order chi connectivity index (χ0) is 13.2. The summed E-state index contributed by atoms with van der Waals surface area (Å²) in [6.45, 7) is 2.43. The molecule has 3 nitrogen and oxygen atoms in total. The van der Waals surface area contributed by atoms with Gasteiger partial charge in [0.25, 0.3) is 0 Å². The van der Waals surface area contributed by atoms with E-state index in [1.54, 1.807) is 0 Å². The third-order valence-electron chi connectivity index (χ3n) is 4.14. The topological polar surface area (TPSA) is 21.1 Å². The second-order valence-corrected chi connectivity index (χ2v) is 5.60. The third kappa shape index (κ3) is 2.71. The molecular weight excluding hydrogens is 234 g/mol. The van der Waals surface area contributed by atoms with E-state index in [1.165, 1.54) is 42.6 Å². The van der Waals surface area contributed by atoms with Crippen LogP contribution < -0.4 is 0 Å². The van der Waals surface area contributed by atoms with Crippen LogP contribution in [0, 0.1) is 0 Å². The predicted octanol–water partition coefficient (Wildman–Crippen LogP) is 2.90. The molecule has 0 atom stereocenters. The van der Waals surface area contributed by atoms with Crippen LogP contribution in [0.2, 0.25) is 0 Å². The average molecular weight is 255 g/mol. The van der Waals surface area contributed by atoms with Gasteiger partial charge in [-0.1, -0.05) is 24.3 Å². The molecule has 0 spiro atoms. The molecule has 0 unspecified atom stereocenters. The lowest BCUT2D eigenvalue weighted by Crippen LogP contribution is -2.29. The Morgan fingerprint density at radius 1 is 1.00 bits per heavy atom. The molecule has 100 valence electrons. The van der Waals surface area contributed by atoms with Gasteiger partial charge in [-0.2, -0.15) is 5.10 Å². The largest absolute Gasteiger partial charge is 0.306 e. The van der Waals surface area contributed by atoms with E-state index in [9.17, 15) is 0 Å². The number of aryl methyl sites for hydroxylation is 1. The van der Waals surface area contributed by atoms with Gasteiger partial charge in [-0.15, -0.1) is 0 Å². The van der Waals surface area contributed by atoms with Crippen LogP contribution in [-0.2, 0) is 7.05 Å². The first-order chi connectivity index (χ1) is 9.22. The molecule has 19 heavy (non-hydrogen) atoms. The van der Waals surface area contributed by atoms with E-state index in [0.717, 1.165) is 5.92 Å². The van der Waals surface area contributed by atoms with Crippen LogP contribution >= 0.6 is 0 Å². The lowest BCUT2D eigenvalue weighted by molar-refractivity contribution is 0.255. The fourth-order valence-electron chi connectivity index (χ4n) is 2.86. The molecular formula is C16H21N3. The summed E-state index contributed by atoms with van der Waals surface area (Å²) in [5, 5.41) is 4.22. The Bertz CT molecular complexity index is 533. The number of hydrogen-bond donors (Lipinski definition) is 0. The van der Waals surface area contributed by atoms with Gasteiger partial charge >= 0.3 is 0 Å². The van der Waals surface area contributed by atoms with Crippen molar-refractivity contribution in [1.82, 2.24) is 14.7 Å². The highest BCUT2D eigenvalue weighted by atomic mass is 15.2. The first-order valence-electron chi connectivity index (χ1n) is 7.00. The van der Waals surface area contributed by atoms with Gasteiger partial charge in [-0.3, -0.25) is 4.68 Å². The predicted molar refractivity (Wildman–Crippen MR) is 78.1 cm³/mol. The fraction of sp³-hybridized carbons (Fsp3) is 0.438. The fourth-order valence-corrected chi connectivity index (χ4v) is 2.86. The molecule has 0 bridgehead atoms. The Hall–Kier alpha value is -1.61. The van der Waals surface area contributed by atoms with Crippen LogP contribution in [0.1, 0.15) is 24.3 Å². The van der Waals surface area contributed by atoms with Gasteiger partial charge in [-0.05, 0) is 50.0 Å². The first kappa shape index (κ1) is 12.4. The van der Waals surface area contributed by atoms with E-state index in [-0.39, 0.29) is 0 Å². The Morgan fingerprint density at radius 3 is 2.26 bits per heavy atom. The highest BCUT2D eigenvalue weighted by Gasteiger charge is 2.18. The number of hydrogen-bond acceptors (Lipinski definition) is 2. The second kappa shape index (κ2) is 5.17. The van der Waals surface area contributed by atoms with Crippen molar-refractivity contribution < 1.29 is 0 Å².